The highest BCUT2D eigenvalue weighted by Gasteiger charge is 2.26. The molecule has 0 bridgehead atoms. The van der Waals surface area contributed by atoms with Crippen molar-refractivity contribution in [3.8, 4) is 33.8 Å². The van der Waals surface area contributed by atoms with Crippen molar-refractivity contribution in [2.45, 2.75) is 26.9 Å². The van der Waals surface area contributed by atoms with Gasteiger partial charge in [0.25, 0.3) is 11.1 Å². The number of esters is 2. The van der Waals surface area contributed by atoms with Crippen LogP contribution < -0.4 is 32.0 Å². The molecule has 0 aliphatic carbocycles. The molecule has 0 saturated carbocycles. The quantitative estimate of drug-likeness (QED) is 0.0374. The first-order valence-electron chi connectivity index (χ1n) is 26.4. The summed E-state index contributed by atoms with van der Waals surface area (Å²) < 4.78 is 43.4. The number of aromatic amines is 2. The Bertz CT molecular complexity index is 4100. The molecule has 0 radical (unpaired) electrons. The van der Waals surface area contributed by atoms with Crippen LogP contribution in [0.15, 0.2) is 153 Å². The number of H-pyrrole nitrogens is 2. The van der Waals surface area contributed by atoms with Gasteiger partial charge in [0.05, 0.1) is 98.1 Å². The lowest BCUT2D eigenvalue weighted by atomic mass is 9.98. The van der Waals surface area contributed by atoms with E-state index < -0.39 is 47.5 Å². The van der Waals surface area contributed by atoms with Gasteiger partial charge in [-0.05, 0) is 121 Å². The fraction of sp³-hybridized carbons (Fsp3) is 0.226. The number of nitrogens with zero attached hydrogens (tertiary/aromatic N) is 4. The van der Waals surface area contributed by atoms with Crippen molar-refractivity contribution in [1.82, 2.24) is 27.9 Å². The molecular formula is C62H56N6O15. The smallest absolute Gasteiger partial charge is 0.329 e. The maximum atomic E-state index is 14.2. The summed E-state index contributed by atoms with van der Waals surface area (Å²) in [5, 5.41) is 0.154. The first-order chi connectivity index (χ1) is 40.3. The first kappa shape index (κ1) is 56.3. The van der Waals surface area contributed by atoms with Gasteiger partial charge in [-0.3, -0.25) is 28.8 Å². The molecule has 2 N–H and O–H groups in total. The van der Waals surface area contributed by atoms with Crippen LogP contribution in [0.5, 0.6) is 11.5 Å². The molecule has 0 atom stereocenters. The molecule has 21 nitrogen and oxygen atoms in total. The van der Waals surface area contributed by atoms with E-state index in [1.807, 2.05) is 108 Å². The van der Waals surface area contributed by atoms with Crippen molar-refractivity contribution in [2.75, 3.05) is 67.1 Å². The summed E-state index contributed by atoms with van der Waals surface area (Å²) in [4.78, 5) is 109. The molecule has 0 unspecified atom stereocenters. The van der Waals surface area contributed by atoms with E-state index in [0.29, 0.717) is 75.7 Å². The van der Waals surface area contributed by atoms with Gasteiger partial charge in [0.2, 0.25) is 11.6 Å². The van der Waals surface area contributed by atoms with E-state index in [-0.39, 0.29) is 44.5 Å². The van der Waals surface area contributed by atoms with Gasteiger partial charge in [-0.15, -0.1) is 0 Å². The SMILES string of the molecule is COC(=O)Cn1c(=O)[nH]c2ccc(C(=O)c3c(C)c(-c4ccc(OCCOCCOCCOCCOc5ccc(-c6c(C)c(C(=O)c7ccc8[nH]c(=O)n(CC(=O)OC)c(=O)c8c7)n7ccccc67)cc5)cc4)c4ccccn34)cc2c1=O. The third-order valence-corrected chi connectivity index (χ3v) is 14.1. The lowest BCUT2D eigenvalue weighted by Crippen LogP contribution is -2.37. The van der Waals surface area contributed by atoms with Gasteiger partial charge < -0.3 is 51.9 Å². The summed E-state index contributed by atoms with van der Waals surface area (Å²) in [6.45, 7) is 5.37. The molecule has 10 aromatic rings. The molecule has 6 heterocycles. The second kappa shape index (κ2) is 24.8. The van der Waals surface area contributed by atoms with Crippen LogP contribution in [0, 0.1) is 13.8 Å². The highest BCUT2D eigenvalue weighted by atomic mass is 16.6. The lowest BCUT2D eigenvalue weighted by molar-refractivity contribution is -0.142. The second-order valence-corrected chi connectivity index (χ2v) is 19.2. The minimum absolute atomic E-state index is 0.0771. The number of benzene rings is 4. The van der Waals surface area contributed by atoms with Crippen LogP contribution in [0.25, 0.3) is 55.1 Å². The van der Waals surface area contributed by atoms with Crippen molar-refractivity contribution in [3.63, 3.8) is 0 Å². The third kappa shape index (κ3) is 11.7. The maximum absolute atomic E-state index is 14.2. The van der Waals surface area contributed by atoms with Gasteiger partial charge in [0, 0.05) is 34.6 Å². The van der Waals surface area contributed by atoms with E-state index in [9.17, 15) is 38.4 Å². The van der Waals surface area contributed by atoms with Gasteiger partial charge in [-0.25, -0.2) is 18.7 Å². The number of methoxy groups -OCH3 is 2. The number of ether oxygens (including phenoxy) is 7. The fourth-order valence-electron chi connectivity index (χ4n) is 10.1. The largest absolute Gasteiger partial charge is 0.491 e. The molecule has 0 aliphatic rings. The number of hydrogen-bond donors (Lipinski definition) is 2. The minimum Gasteiger partial charge on any atom is -0.491 e. The summed E-state index contributed by atoms with van der Waals surface area (Å²) in [6, 6.07) is 35.4. The summed E-state index contributed by atoms with van der Waals surface area (Å²) in [7, 11) is 2.32. The molecule has 83 heavy (non-hydrogen) atoms. The molecule has 424 valence electrons. The number of pyridine rings is 2. The van der Waals surface area contributed by atoms with E-state index in [2.05, 4.69) is 19.4 Å². The standard InChI is InChI=1S/C62H56N6O15/c1-37-53(49-9-5-7-23-65(49)55(37)57(71)41-15-21-47-45(33-41)59(73)67(61(75)63-47)35-51(69)77-3)39-11-17-43(18-12-39)82-31-29-80-27-25-79-26-28-81-30-32-83-44-19-13-40(14-20-44)54-38(2)56(66-24-8-6-10-50(54)66)58(72)42-16-22-48-46(34-42)60(74)68(62(76)64-48)36-52(70)78-4/h5-24,33-34H,25-32,35-36H2,1-4H3,(H,63,75)(H,64,76). The molecule has 0 fully saturated rings. The predicted octanol–water partition coefficient (Wildman–Crippen LogP) is 6.46. The van der Waals surface area contributed by atoms with Gasteiger partial charge in [-0.1, -0.05) is 36.4 Å². The van der Waals surface area contributed by atoms with Crippen LogP contribution in [0.3, 0.4) is 0 Å². The van der Waals surface area contributed by atoms with E-state index in [1.54, 1.807) is 24.5 Å². The Balaban J connectivity index is 0.653. The second-order valence-electron chi connectivity index (χ2n) is 19.2. The van der Waals surface area contributed by atoms with Gasteiger partial charge >= 0.3 is 23.3 Å². The van der Waals surface area contributed by atoms with Crippen molar-refractivity contribution >= 4 is 56.3 Å². The third-order valence-electron chi connectivity index (χ3n) is 14.1. The van der Waals surface area contributed by atoms with Crippen LogP contribution in [0.4, 0.5) is 0 Å². The minimum atomic E-state index is -0.767. The highest BCUT2D eigenvalue weighted by Crippen LogP contribution is 2.37. The average Bonchev–Trinajstić information content (AvgIpc) is 4.24. The Morgan fingerprint density at radius 1 is 0.458 bits per heavy atom. The van der Waals surface area contributed by atoms with E-state index in [4.69, 9.17) is 23.7 Å². The van der Waals surface area contributed by atoms with Gasteiger partial charge in [0.1, 0.15) is 37.8 Å². The maximum Gasteiger partial charge on any atom is 0.329 e. The molecule has 0 spiro atoms. The molecule has 0 saturated heterocycles. The van der Waals surface area contributed by atoms with E-state index in [0.717, 1.165) is 67.8 Å². The summed E-state index contributed by atoms with van der Waals surface area (Å²) >= 11 is 0. The van der Waals surface area contributed by atoms with Gasteiger partial charge in [0.15, 0.2) is 0 Å². The van der Waals surface area contributed by atoms with Crippen molar-refractivity contribution in [3.05, 3.63) is 209 Å². The average molecular weight is 1130 g/mol. The number of carbonyl (C=O) groups excluding carboxylic acids is 4. The topological polar surface area (TPSA) is 251 Å². The predicted molar refractivity (Wildman–Crippen MR) is 307 cm³/mol. The van der Waals surface area contributed by atoms with Crippen LogP contribution >= 0.6 is 0 Å². The number of rotatable bonds is 24. The number of ketones is 2. The molecular weight excluding hydrogens is 1070 g/mol. The van der Waals surface area contributed by atoms with Crippen LogP contribution in [-0.4, -0.2) is 118 Å². The zero-order chi connectivity index (χ0) is 58.3. The molecule has 0 amide bonds. The highest BCUT2D eigenvalue weighted by molar-refractivity contribution is 6.14. The summed E-state index contributed by atoms with van der Waals surface area (Å²) in [5.41, 5.74) is 5.25. The Kier molecular flexibility index (Phi) is 16.8. The number of aromatic nitrogens is 6. The van der Waals surface area contributed by atoms with E-state index in [1.165, 1.54) is 24.3 Å². The molecule has 10 rings (SSSR count). The van der Waals surface area contributed by atoms with Crippen molar-refractivity contribution in [2.24, 2.45) is 0 Å². The molecule has 4 aromatic carbocycles. The zero-order valence-electron chi connectivity index (χ0n) is 45.7. The number of carbonyl (C=O) groups is 4. The fourth-order valence-corrected chi connectivity index (χ4v) is 10.1. The van der Waals surface area contributed by atoms with Crippen LogP contribution in [-0.2, 0) is 46.4 Å². The Hall–Kier alpha value is -9.96. The Morgan fingerprint density at radius 2 is 0.831 bits per heavy atom. The monoisotopic (exact) mass is 1120 g/mol. The zero-order valence-corrected chi connectivity index (χ0v) is 45.7. The summed E-state index contributed by atoms with van der Waals surface area (Å²) in [5.74, 6) is -0.917. The number of hydrogen-bond acceptors (Lipinski definition) is 15. The van der Waals surface area contributed by atoms with Crippen molar-refractivity contribution in [1.29, 1.82) is 0 Å². The molecule has 0 aliphatic heterocycles. The lowest BCUT2D eigenvalue weighted by Gasteiger charge is -2.10. The molecule has 21 heteroatoms. The van der Waals surface area contributed by atoms with Crippen LogP contribution in [0.2, 0.25) is 0 Å². The molecule has 6 aromatic heterocycles. The number of fused-ring (bicyclic) bond motifs is 4. The van der Waals surface area contributed by atoms with Gasteiger partial charge in [-0.2, -0.15) is 0 Å². The first-order valence-corrected chi connectivity index (χ1v) is 26.4. The van der Waals surface area contributed by atoms with Crippen LogP contribution in [0.1, 0.15) is 43.2 Å². The van der Waals surface area contributed by atoms with E-state index >= 15 is 0 Å². The number of nitrogens with one attached hydrogen (secondary N) is 2. The normalized spacial score (nSPS) is 11.4. The Morgan fingerprint density at radius 3 is 1.20 bits per heavy atom. The summed E-state index contributed by atoms with van der Waals surface area (Å²) in [6.07, 6.45) is 3.61. The van der Waals surface area contributed by atoms with Crippen molar-refractivity contribution < 1.29 is 52.3 Å². The Labute approximate surface area is 471 Å².